The van der Waals surface area contributed by atoms with Gasteiger partial charge in [0, 0.05) is 8.80 Å². The third-order valence-electron chi connectivity index (χ3n) is 3.07. The Hall–Kier alpha value is 0.177. The van der Waals surface area contributed by atoms with E-state index in [0.29, 0.717) is 5.04 Å². The fourth-order valence-corrected chi connectivity index (χ4v) is 0.671. The molecule has 0 aliphatic rings. The Morgan fingerprint density at radius 3 is 1.07 bits per heavy atom. The predicted molar refractivity (Wildman–Crippen MR) is 72.1 cm³/mol. The first-order valence-corrected chi connectivity index (χ1v) is 8.90. The van der Waals surface area contributed by atoms with E-state index in [0.717, 1.165) is 0 Å². The normalized spacial score (nSPS) is 11.6. The highest BCUT2D eigenvalue weighted by Gasteiger charge is 2.15. The molecular weight excluding hydrogens is 186 g/mol. The average Bonchev–Trinajstić information content (AvgIpc) is 2.07. The lowest BCUT2D eigenvalue weighted by atomic mass is 10.2. The molecule has 0 aliphatic carbocycles. The first-order valence-electron chi connectivity index (χ1n) is 6.01. The van der Waals surface area contributed by atoms with Crippen LogP contribution < -0.4 is 0 Å². The van der Waals surface area contributed by atoms with Crippen LogP contribution in [0, 0.1) is 0 Å². The first kappa shape index (κ1) is 16.6. The van der Waals surface area contributed by atoms with Crippen LogP contribution in [-0.4, -0.2) is 33.3 Å². The number of hydrogen-bond acceptors (Lipinski definition) is 1. The summed E-state index contributed by atoms with van der Waals surface area (Å²) in [6.07, 6.45) is 0. The number of hydrogen-bond donors (Lipinski definition) is 0. The molecule has 88 valence electrons. The summed E-state index contributed by atoms with van der Waals surface area (Å²) in [5, 5.41) is 0.639. The molecule has 0 fully saturated rings. The van der Waals surface area contributed by atoms with Crippen molar-refractivity contribution in [3.63, 3.8) is 0 Å². The lowest BCUT2D eigenvalue weighted by Crippen LogP contribution is -2.21. The van der Waals surface area contributed by atoms with Crippen molar-refractivity contribution in [1.29, 1.82) is 0 Å². The molecular formula is C12H31NSi. The maximum atomic E-state index is 2.39. The summed E-state index contributed by atoms with van der Waals surface area (Å²) in [6, 6.07) is 0. The molecule has 0 saturated heterocycles. The van der Waals surface area contributed by atoms with Gasteiger partial charge in [0.2, 0.25) is 0 Å². The van der Waals surface area contributed by atoms with E-state index in [1.807, 2.05) is 0 Å². The molecule has 0 bridgehead atoms. The van der Waals surface area contributed by atoms with Crippen molar-refractivity contribution in [2.75, 3.05) is 19.6 Å². The molecule has 0 aromatic rings. The monoisotopic (exact) mass is 217 g/mol. The molecule has 0 aliphatic heterocycles. The van der Waals surface area contributed by atoms with Gasteiger partial charge in [-0.3, -0.25) is 0 Å². The first-order chi connectivity index (χ1) is 6.29. The second-order valence-corrected chi connectivity index (χ2v) is 9.18. The minimum Gasteiger partial charge on any atom is -0.304 e. The van der Waals surface area contributed by atoms with Crippen molar-refractivity contribution in [2.24, 2.45) is 0 Å². The summed E-state index contributed by atoms with van der Waals surface area (Å²) in [6.45, 7) is 21.9. The van der Waals surface area contributed by atoms with Gasteiger partial charge in [-0.25, -0.2) is 0 Å². The van der Waals surface area contributed by atoms with Gasteiger partial charge in [0.25, 0.3) is 0 Å². The van der Waals surface area contributed by atoms with Crippen molar-refractivity contribution in [3.8, 4) is 0 Å². The van der Waals surface area contributed by atoms with Crippen molar-refractivity contribution >= 4 is 8.80 Å². The standard InChI is InChI=1S/C6H15N.C6H16Si/c1-4-7(5-2)6-3;1-6(2,3)7(4)5/h4-6H2,1-3H3;7H,1-5H3. The molecule has 0 spiro atoms. The molecule has 1 nitrogen and oxygen atoms in total. The zero-order valence-corrected chi connectivity index (χ0v) is 12.8. The van der Waals surface area contributed by atoms with Crippen LogP contribution in [0.5, 0.6) is 0 Å². The fraction of sp³-hybridized carbons (Fsp3) is 1.00. The summed E-state index contributed by atoms with van der Waals surface area (Å²) in [5.41, 5.74) is 0. The Balaban J connectivity index is 0. The molecule has 0 radical (unpaired) electrons. The highest BCUT2D eigenvalue weighted by atomic mass is 28.3. The van der Waals surface area contributed by atoms with E-state index in [1.54, 1.807) is 0 Å². The Morgan fingerprint density at radius 2 is 1.07 bits per heavy atom. The van der Waals surface area contributed by atoms with Crippen LogP contribution >= 0.6 is 0 Å². The zero-order valence-electron chi connectivity index (χ0n) is 11.6. The van der Waals surface area contributed by atoms with Gasteiger partial charge in [0.05, 0.1) is 0 Å². The van der Waals surface area contributed by atoms with Crippen molar-refractivity contribution in [3.05, 3.63) is 0 Å². The summed E-state index contributed by atoms with van der Waals surface area (Å²) in [5.74, 6) is 0. The molecule has 0 aromatic heterocycles. The van der Waals surface area contributed by atoms with E-state index in [2.05, 4.69) is 59.5 Å². The molecule has 0 saturated carbocycles. The molecule has 0 N–H and O–H groups in total. The molecule has 0 amide bonds. The largest absolute Gasteiger partial charge is 0.304 e. The third-order valence-corrected chi connectivity index (χ3v) is 6.54. The lowest BCUT2D eigenvalue weighted by molar-refractivity contribution is 0.321. The lowest BCUT2D eigenvalue weighted by Gasteiger charge is -2.21. The molecule has 14 heavy (non-hydrogen) atoms. The second-order valence-electron chi connectivity index (χ2n) is 5.14. The van der Waals surface area contributed by atoms with Gasteiger partial charge in [0.1, 0.15) is 0 Å². The van der Waals surface area contributed by atoms with Gasteiger partial charge in [-0.1, -0.05) is 54.6 Å². The smallest absolute Gasteiger partial charge is 0.0361 e. The van der Waals surface area contributed by atoms with E-state index in [4.69, 9.17) is 0 Å². The highest BCUT2D eigenvalue weighted by molar-refractivity contribution is 6.59. The molecule has 0 aromatic carbocycles. The van der Waals surface area contributed by atoms with Crippen LogP contribution in [0.25, 0.3) is 0 Å². The van der Waals surface area contributed by atoms with Gasteiger partial charge < -0.3 is 4.90 Å². The van der Waals surface area contributed by atoms with E-state index >= 15 is 0 Å². The van der Waals surface area contributed by atoms with Crippen LogP contribution in [0.2, 0.25) is 18.1 Å². The van der Waals surface area contributed by atoms with Gasteiger partial charge >= 0.3 is 0 Å². The van der Waals surface area contributed by atoms with Crippen LogP contribution in [-0.2, 0) is 0 Å². The van der Waals surface area contributed by atoms with Gasteiger partial charge in [0.15, 0.2) is 0 Å². The minimum absolute atomic E-state index is 0.359. The van der Waals surface area contributed by atoms with Crippen LogP contribution in [0.3, 0.4) is 0 Å². The Morgan fingerprint density at radius 1 is 0.857 bits per heavy atom. The fourth-order valence-electron chi connectivity index (χ4n) is 0.671. The molecule has 0 atom stereocenters. The van der Waals surface area contributed by atoms with Crippen LogP contribution in [0.1, 0.15) is 41.5 Å². The van der Waals surface area contributed by atoms with Crippen LogP contribution in [0.15, 0.2) is 0 Å². The summed E-state index contributed by atoms with van der Waals surface area (Å²) in [7, 11) is -0.359. The maximum Gasteiger partial charge on any atom is 0.0361 e. The molecule has 2 heteroatoms. The van der Waals surface area contributed by atoms with E-state index < -0.39 is 0 Å². The summed E-state index contributed by atoms with van der Waals surface area (Å²) in [4.78, 5) is 2.38. The predicted octanol–water partition coefficient (Wildman–Crippen LogP) is 3.62. The topological polar surface area (TPSA) is 3.24 Å². The Kier molecular flexibility index (Phi) is 10.1. The maximum absolute atomic E-state index is 2.39. The molecule has 0 rings (SSSR count). The van der Waals surface area contributed by atoms with Crippen molar-refractivity contribution in [2.45, 2.75) is 59.7 Å². The van der Waals surface area contributed by atoms with Gasteiger partial charge in [-0.05, 0) is 24.7 Å². The third kappa shape index (κ3) is 10.3. The summed E-state index contributed by atoms with van der Waals surface area (Å²) >= 11 is 0. The van der Waals surface area contributed by atoms with E-state index in [9.17, 15) is 0 Å². The average molecular weight is 217 g/mol. The van der Waals surface area contributed by atoms with Crippen molar-refractivity contribution in [1.82, 2.24) is 4.90 Å². The second kappa shape index (κ2) is 8.48. The minimum atomic E-state index is -0.359. The Bertz CT molecular complexity index is 106. The molecule has 0 unspecified atom stereocenters. The zero-order chi connectivity index (χ0) is 11.8. The van der Waals surface area contributed by atoms with E-state index in [-0.39, 0.29) is 8.80 Å². The van der Waals surface area contributed by atoms with E-state index in [1.165, 1.54) is 19.6 Å². The highest BCUT2D eigenvalue weighted by Crippen LogP contribution is 2.25. The number of rotatable bonds is 3. The SMILES string of the molecule is CCN(CC)CC.C[SiH](C)C(C)(C)C. The van der Waals surface area contributed by atoms with Gasteiger partial charge in [-0.2, -0.15) is 0 Å². The summed E-state index contributed by atoms with van der Waals surface area (Å²) < 4.78 is 0. The quantitative estimate of drug-likeness (QED) is 0.653. The van der Waals surface area contributed by atoms with Gasteiger partial charge in [-0.15, -0.1) is 0 Å². The Labute approximate surface area is 93.5 Å². The number of nitrogens with zero attached hydrogens (tertiary/aromatic N) is 1. The van der Waals surface area contributed by atoms with Crippen LogP contribution in [0.4, 0.5) is 0 Å². The van der Waals surface area contributed by atoms with Crippen molar-refractivity contribution < 1.29 is 0 Å². The molecule has 0 heterocycles.